The maximum Gasteiger partial charge on any atom is 0.251 e. The van der Waals surface area contributed by atoms with Crippen LogP contribution in [0.4, 0.5) is 0 Å². The quantitative estimate of drug-likeness (QED) is 0.169. The second-order valence-corrected chi connectivity index (χ2v) is 10.8. The van der Waals surface area contributed by atoms with Gasteiger partial charge in [0.05, 0.1) is 17.1 Å². The Morgan fingerprint density at radius 3 is 1.95 bits per heavy atom. The molecule has 1 amide bonds. The van der Waals surface area contributed by atoms with Gasteiger partial charge in [0.15, 0.2) is 0 Å². The molecule has 0 saturated heterocycles. The Labute approximate surface area is 229 Å². The number of halogens is 1. The van der Waals surface area contributed by atoms with Crippen LogP contribution in [-0.2, 0) is 6.54 Å². The van der Waals surface area contributed by atoms with Gasteiger partial charge in [-0.15, -0.1) is 0 Å². The van der Waals surface area contributed by atoms with E-state index in [1.54, 1.807) is 24.3 Å². The summed E-state index contributed by atoms with van der Waals surface area (Å²) in [5.74, 6) is 0.803. The smallest absolute Gasteiger partial charge is 0.251 e. The van der Waals surface area contributed by atoms with Gasteiger partial charge in [0.2, 0.25) is 0 Å². The Kier molecular flexibility index (Phi) is 13.0. The van der Waals surface area contributed by atoms with Gasteiger partial charge >= 0.3 is 0 Å². The largest absolute Gasteiger partial charge is 0.342 e. The molecule has 0 aliphatic carbocycles. The minimum atomic E-state index is -0.192. The third kappa shape index (κ3) is 9.81. The Bertz CT molecular complexity index is 1060. The molecule has 3 aromatic rings. The van der Waals surface area contributed by atoms with E-state index >= 15 is 0 Å². The highest BCUT2D eigenvalue weighted by atomic mass is 35.5. The van der Waals surface area contributed by atoms with E-state index in [1.807, 2.05) is 19.1 Å². The van der Waals surface area contributed by atoms with Crippen LogP contribution in [0.2, 0.25) is 5.02 Å². The molecule has 3 rings (SSSR count). The maximum atomic E-state index is 12.8. The molecular weight excluding hydrogens is 478 g/mol. The van der Waals surface area contributed by atoms with Crippen molar-refractivity contribution in [2.45, 2.75) is 116 Å². The fourth-order valence-electron chi connectivity index (χ4n) is 5.07. The molecule has 1 heterocycles. The molecule has 2 aromatic carbocycles. The number of para-hydroxylation sites is 2. The predicted molar refractivity (Wildman–Crippen MR) is 157 cm³/mol. The van der Waals surface area contributed by atoms with Crippen molar-refractivity contribution >= 4 is 28.5 Å². The first-order valence-electron chi connectivity index (χ1n) is 14.6. The first-order valence-corrected chi connectivity index (χ1v) is 15.0. The van der Waals surface area contributed by atoms with Crippen LogP contribution in [0.3, 0.4) is 0 Å². The van der Waals surface area contributed by atoms with Crippen molar-refractivity contribution in [3.63, 3.8) is 0 Å². The van der Waals surface area contributed by atoms with Gasteiger partial charge in [0.1, 0.15) is 5.82 Å². The van der Waals surface area contributed by atoms with Crippen molar-refractivity contribution in [1.29, 1.82) is 0 Å². The predicted octanol–water partition coefficient (Wildman–Crippen LogP) is 9.66. The second kappa shape index (κ2) is 16.5. The average Bonchev–Trinajstić information content (AvgIpc) is 3.28. The zero-order valence-corrected chi connectivity index (χ0v) is 23.7. The van der Waals surface area contributed by atoms with Crippen molar-refractivity contribution in [2.24, 2.45) is 0 Å². The third-order valence-electron chi connectivity index (χ3n) is 7.26. The standard InChI is InChI=1S/C32H46ClN3O/c1-3-4-5-6-7-8-9-10-11-12-13-14-15-18-25-36-30-20-17-16-19-29(30)35-31(36)26(2)34-32(37)27-21-23-28(33)24-22-27/h16-17,19-24,26H,3-15,18,25H2,1-2H3,(H,34,37). The summed E-state index contributed by atoms with van der Waals surface area (Å²) in [6.45, 7) is 5.22. The highest BCUT2D eigenvalue weighted by Crippen LogP contribution is 2.23. The van der Waals surface area contributed by atoms with Crippen molar-refractivity contribution in [2.75, 3.05) is 0 Å². The number of rotatable bonds is 18. The van der Waals surface area contributed by atoms with E-state index in [1.165, 1.54) is 83.5 Å². The number of hydrogen-bond donors (Lipinski definition) is 1. The number of aromatic nitrogens is 2. The number of hydrogen-bond acceptors (Lipinski definition) is 2. The van der Waals surface area contributed by atoms with E-state index < -0.39 is 0 Å². The normalized spacial score (nSPS) is 12.2. The van der Waals surface area contributed by atoms with E-state index in [-0.39, 0.29) is 11.9 Å². The molecule has 0 radical (unpaired) electrons. The summed E-state index contributed by atoms with van der Waals surface area (Å²) in [6, 6.07) is 15.1. The molecule has 5 heteroatoms. The lowest BCUT2D eigenvalue weighted by atomic mass is 10.0. The first-order chi connectivity index (χ1) is 18.1. The van der Waals surface area contributed by atoms with Crippen molar-refractivity contribution in [3.8, 4) is 0 Å². The molecule has 202 valence electrons. The van der Waals surface area contributed by atoms with Crippen LogP contribution in [0.15, 0.2) is 48.5 Å². The van der Waals surface area contributed by atoms with Crippen molar-refractivity contribution in [1.82, 2.24) is 14.9 Å². The van der Waals surface area contributed by atoms with Gasteiger partial charge in [-0.3, -0.25) is 4.79 Å². The molecule has 1 atom stereocenters. The first kappa shape index (κ1) is 29.2. The Morgan fingerprint density at radius 2 is 1.35 bits per heavy atom. The highest BCUT2D eigenvalue weighted by Gasteiger charge is 2.19. The van der Waals surface area contributed by atoms with Gasteiger partial charge in [-0.2, -0.15) is 0 Å². The lowest BCUT2D eigenvalue weighted by Gasteiger charge is -2.16. The van der Waals surface area contributed by atoms with Crippen LogP contribution in [0.25, 0.3) is 11.0 Å². The second-order valence-electron chi connectivity index (χ2n) is 10.4. The molecule has 1 N–H and O–H groups in total. The number of aryl methyl sites for hydroxylation is 1. The van der Waals surface area contributed by atoms with Crippen LogP contribution in [0.1, 0.15) is 126 Å². The molecule has 0 aliphatic rings. The summed E-state index contributed by atoms with van der Waals surface area (Å²) in [5.41, 5.74) is 2.72. The minimum Gasteiger partial charge on any atom is -0.342 e. The van der Waals surface area contributed by atoms with Crippen LogP contribution < -0.4 is 5.32 Å². The number of imidazole rings is 1. The van der Waals surface area contributed by atoms with Crippen molar-refractivity contribution < 1.29 is 4.79 Å². The van der Waals surface area contributed by atoms with E-state index in [0.717, 1.165) is 29.8 Å². The summed E-state index contributed by atoms with van der Waals surface area (Å²) >= 11 is 5.97. The summed E-state index contributed by atoms with van der Waals surface area (Å²) in [5, 5.41) is 3.74. The molecular formula is C32H46ClN3O. The van der Waals surface area contributed by atoms with Crippen LogP contribution >= 0.6 is 11.6 Å². The number of amides is 1. The summed E-state index contributed by atoms with van der Waals surface area (Å²) < 4.78 is 2.29. The van der Waals surface area contributed by atoms with E-state index in [9.17, 15) is 4.79 Å². The molecule has 37 heavy (non-hydrogen) atoms. The van der Waals surface area contributed by atoms with Crippen LogP contribution in [-0.4, -0.2) is 15.5 Å². The zero-order chi connectivity index (χ0) is 26.3. The molecule has 0 saturated carbocycles. The molecule has 4 nitrogen and oxygen atoms in total. The fraction of sp³-hybridized carbons (Fsp3) is 0.562. The van der Waals surface area contributed by atoms with E-state index in [0.29, 0.717) is 10.6 Å². The summed E-state index contributed by atoms with van der Waals surface area (Å²) in [6.07, 6.45) is 19.0. The van der Waals surface area contributed by atoms with E-state index in [4.69, 9.17) is 16.6 Å². The van der Waals surface area contributed by atoms with Gasteiger partial charge in [-0.25, -0.2) is 4.98 Å². The molecule has 0 fully saturated rings. The zero-order valence-electron chi connectivity index (χ0n) is 23.0. The summed E-state index contributed by atoms with van der Waals surface area (Å²) in [4.78, 5) is 17.7. The van der Waals surface area contributed by atoms with Crippen LogP contribution in [0, 0.1) is 0 Å². The van der Waals surface area contributed by atoms with Crippen LogP contribution in [0.5, 0.6) is 0 Å². The highest BCUT2D eigenvalue weighted by molar-refractivity contribution is 6.30. The molecule has 1 aromatic heterocycles. The number of nitrogens with zero attached hydrogens (tertiary/aromatic N) is 2. The number of nitrogens with one attached hydrogen (secondary N) is 1. The monoisotopic (exact) mass is 523 g/mol. The topological polar surface area (TPSA) is 46.9 Å². The van der Waals surface area contributed by atoms with Gasteiger partial charge < -0.3 is 9.88 Å². The van der Waals surface area contributed by atoms with E-state index in [2.05, 4.69) is 28.9 Å². The molecule has 0 bridgehead atoms. The number of carbonyl (C=O) groups is 1. The Balaban J connectivity index is 1.40. The number of unbranched alkanes of at least 4 members (excludes halogenated alkanes) is 13. The number of benzene rings is 2. The molecule has 0 spiro atoms. The molecule has 0 aliphatic heterocycles. The van der Waals surface area contributed by atoms with Gasteiger partial charge in [-0.1, -0.05) is 114 Å². The Morgan fingerprint density at radius 1 is 0.811 bits per heavy atom. The molecule has 1 unspecified atom stereocenters. The van der Waals surface area contributed by atoms with Gasteiger partial charge in [-0.05, 0) is 49.7 Å². The third-order valence-corrected chi connectivity index (χ3v) is 7.51. The SMILES string of the molecule is CCCCCCCCCCCCCCCCn1c(C(C)NC(=O)c2ccc(Cl)cc2)nc2ccccc21. The van der Waals surface area contributed by atoms with Gasteiger partial charge in [0, 0.05) is 17.1 Å². The average molecular weight is 524 g/mol. The summed E-state index contributed by atoms with van der Waals surface area (Å²) in [7, 11) is 0. The fourth-order valence-corrected chi connectivity index (χ4v) is 5.20. The minimum absolute atomic E-state index is 0.112. The maximum absolute atomic E-state index is 12.8. The lowest BCUT2D eigenvalue weighted by molar-refractivity contribution is 0.0937. The number of carbonyl (C=O) groups excluding carboxylic acids is 1. The number of fused-ring (bicyclic) bond motifs is 1. The lowest BCUT2D eigenvalue weighted by Crippen LogP contribution is -2.28. The van der Waals surface area contributed by atoms with Crippen molar-refractivity contribution in [3.05, 3.63) is 64.9 Å². The Hall–Kier alpha value is -2.33. The van der Waals surface area contributed by atoms with Gasteiger partial charge in [0.25, 0.3) is 5.91 Å².